The Morgan fingerprint density at radius 2 is 1.70 bits per heavy atom. The first kappa shape index (κ1) is 19.3. The van der Waals surface area contributed by atoms with Crippen LogP contribution in [0.5, 0.6) is 11.6 Å². The van der Waals surface area contributed by atoms with Crippen LogP contribution in [0, 0.1) is 0 Å². The van der Waals surface area contributed by atoms with Crippen LogP contribution in [0.1, 0.15) is 25.3 Å². The highest BCUT2D eigenvalue weighted by Crippen LogP contribution is 2.39. The summed E-state index contributed by atoms with van der Waals surface area (Å²) in [6, 6.07) is 4.52. The van der Waals surface area contributed by atoms with Gasteiger partial charge in [0.15, 0.2) is 16.6 Å². The number of nitrogens with one attached hydrogen (secondary N) is 2. The minimum atomic E-state index is -0.719. The topological polar surface area (TPSA) is 114 Å². The van der Waals surface area contributed by atoms with Crippen molar-refractivity contribution in [3.8, 4) is 22.9 Å². The summed E-state index contributed by atoms with van der Waals surface area (Å²) in [5, 5.41) is 14.1. The number of rotatable bonds is 4. The van der Waals surface area contributed by atoms with Gasteiger partial charge in [0.1, 0.15) is 0 Å². The molecule has 0 fully saturated rings. The van der Waals surface area contributed by atoms with E-state index in [2.05, 4.69) is 25.4 Å². The van der Waals surface area contributed by atoms with Crippen LogP contribution in [0.3, 0.4) is 0 Å². The fourth-order valence-electron chi connectivity index (χ4n) is 2.27. The fraction of sp³-hybridized carbons (Fsp3) is 0.188. The SMILES string of the molecule is CC(C)c1cc(Oc2c(Cl)cc(-c3n[nH]c(=O)[nH]c3=O)cc2Cl)nnc1Cl. The van der Waals surface area contributed by atoms with E-state index >= 15 is 0 Å². The van der Waals surface area contributed by atoms with Crippen molar-refractivity contribution in [2.75, 3.05) is 0 Å². The lowest BCUT2D eigenvalue weighted by molar-refractivity contribution is 0.454. The Hall–Kier alpha value is -2.42. The summed E-state index contributed by atoms with van der Waals surface area (Å²) in [4.78, 5) is 25.1. The standard InChI is InChI=1S/C16H12Cl3N5O3/c1-6(2)8-5-11(21-23-14(8)19)27-13-9(17)3-7(4-10(13)18)12-15(25)20-16(26)24-22-12/h3-6H,1-2H3,(H2,20,24,25,26). The smallest absolute Gasteiger partial charge is 0.342 e. The molecule has 0 unspecified atom stereocenters. The Kier molecular flexibility index (Phi) is 5.50. The molecular weight excluding hydrogens is 417 g/mol. The van der Waals surface area contributed by atoms with E-state index in [0.29, 0.717) is 5.56 Å². The molecule has 0 aliphatic heterocycles. The molecule has 1 aromatic carbocycles. The van der Waals surface area contributed by atoms with Gasteiger partial charge in [0.05, 0.1) is 10.0 Å². The van der Waals surface area contributed by atoms with Gasteiger partial charge in [-0.2, -0.15) is 5.10 Å². The molecule has 0 spiro atoms. The second-order valence-corrected chi connectivity index (χ2v) is 6.98. The number of hydrogen-bond acceptors (Lipinski definition) is 6. The molecule has 2 aromatic heterocycles. The van der Waals surface area contributed by atoms with Crippen molar-refractivity contribution in [1.29, 1.82) is 0 Å². The van der Waals surface area contributed by atoms with E-state index in [0.717, 1.165) is 5.56 Å². The van der Waals surface area contributed by atoms with Crippen LogP contribution >= 0.6 is 34.8 Å². The summed E-state index contributed by atoms with van der Waals surface area (Å²) in [7, 11) is 0. The molecule has 0 aliphatic rings. The summed E-state index contributed by atoms with van der Waals surface area (Å²) in [5.41, 5.74) is -0.374. The molecule has 0 bridgehead atoms. The molecule has 3 aromatic rings. The zero-order chi connectivity index (χ0) is 19.7. The van der Waals surface area contributed by atoms with Crippen molar-refractivity contribution in [2.45, 2.75) is 19.8 Å². The zero-order valence-electron chi connectivity index (χ0n) is 14.0. The molecule has 0 radical (unpaired) electrons. The summed E-state index contributed by atoms with van der Waals surface area (Å²) in [5.74, 6) is 0.413. The van der Waals surface area contributed by atoms with E-state index in [-0.39, 0.29) is 38.4 Å². The average Bonchev–Trinajstić information content (AvgIpc) is 2.59. The quantitative estimate of drug-likeness (QED) is 0.653. The Morgan fingerprint density at radius 3 is 2.30 bits per heavy atom. The highest BCUT2D eigenvalue weighted by molar-refractivity contribution is 6.37. The number of H-pyrrole nitrogens is 2. The minimum Gasteiger partial charge on any atom is -0.434 e. The van der Waals surface area contributed by atoms with Gasteiger partial charge in [-0.3, -0.25) is 9.78 Å². The van der Waals surface area contributed by atoms with Gasteiger partial charge in [-0.25, -0.2) is 9.89 Å². The van der Waals surface area contributed by atoms with Gasteiger partial charge in [-0.05, 0) is 23.6 Å². The number of benzene rings is 1. The molecule has 2 heterocycles. The maximum Gasteiger partial charge on any atom is 0.342 e. The van der Waals surface area contributed by atoms with Crippen molar-refractivity contribution in [3.63, 3.8) is 0 Å². The first-order valence-corrected chi connectivity index (χ1v) is 8.79. The number of ether oxygens (including phenoxy) is 1. The molecule has 0 aliphatic carbocycles. The van der Waals surface area contributed by atoms with E-state index in [4.69, 9.17) is 39.5 Å². The summed E-state index contributed by atoms with van der Waals surface area (Å²) in [6.45, 7) is 3.91. The predicted octanol–water partition coefficient (Wildman–Crippen LogP) is 3.79. The number of aromatic amines is 2. The highest BCUT2D eigenvalue weighted by atomic mass is 35.5. The van der Waals surface area contributed by atoms with Crippen molar-refractivity contribution in [1.82, 2.24) is 25.4 Å². The molecule has 0 amide bonds. The molecule has 0 saturated carbocycles. The van der Waals surface area contributed by atoms with Crippen LogP contribution in [0.25, 0.3) is 11.3 Å². The van der Waals surface area contributed by atoms with Gasteiger partial charge < -0.3 is 4.74 Å². The maximum atomic E-state index is 11.9. The Bertz CT molecular complexity index is 1100. The molecule has 3 rings (SSSR count). The first-order chi connectivity index (χ1) is 12.8. The van der Waals surface area contributed by atoms with Gasteiger partial charge in [0.25, 0.3) is 5.56 Å². The minimum absolute atomic E-state index is 0.0432. The molecule has 140 valence electrons. The Labute approximate surface area is 167 Å². The van der Waals surface area contributed by atoms with E-state index in [1.54, 1.807) is 6.07 Å². The van der Waals surface area contributed by atoms with Crippen LogP contribution < -0.4 is 16.0 Å². The van der Waals surface area contributed by atoms with Crippen LogP contribution in [-0.4, -0.2) is 25.4 Å². The largest absolute Gasteiger partial charge is 0.434 e. The molecule has 11 heteroatoms. The summed E-state index contributed by atoms with van der Waals surface area (Å²) < 4.78 is 5.67. The van der Waals surface area contributed by atoms with Gasteiger partial charge >= 0.3 is 5.69 Å². The van der Waals surface area contributed by atoms with Gasteiger partial charge in [-0.15, -0.1) is 10.2 Å². The number of hydrogen-bond donors (Lipinski definition) is 2. The lowest BCUT2D eigenvalue weighted by Gasteiger charge is -2.12. The van der Waals surface area contributed by atoms with Gasteiger partial charge in [0.2, 0.25) is 5.88 Å². The van der Waals surface area contributed by atoms with E-state index in [9.17, 15) is 9.59 Å². The van der Waals surface area contributed by atoms with Gasteiger partial charge in [-0.1, -0.05) is 48.7 Å². The maximum absolute atomic E-state index is 11.9. The van der Waals surface area contributed by atoms with Crippen molar-refractivity contribution in [3.05, 3.63) is 59.8 Å². The molecular formula is C16H12Cl3N5O3. The predicted molar refractivity (Wildman–Crippen MR) is 102 cm³/mol. The lowest BCUT2D eigenvalue weighted by Crippen LogP contribution is -2.25. The third-order valence-corrected chi connectivity index (χ3v) is 4.42. The third-order valence-electron chi connectivity index (χ3n) is 3.57. The highest BCUT2D eigenvalue weighted by Gasteiger charge is 2.17. The van der Waals surface area contributed by atoms with Crippen LogP contribution in [0.15, 0.2) is 27.8 Å². The van der Waals surface area contributed by atoms with Crippen LogP contribution in [0.2, 0.25) is 15.2 Å². The lowest BCUT2D eigenvalue weighted by atomic mass is 10.1. The fourth-order valence-corrected chi connectivity index (χ4v) is 3.14. The Morgan fingerprint density at radius 1 is 1.04 bits per heavy atom. The van der Waals surface area contributed by atoms with E-state index < -0.39 is 11.2 Å². The third kappa shape index (κ3) is 4.13. The normalized spacial score (nSPS) is 11.0. The van der Waals surface area contributed by atoms with E-state index in [1.807, 2.05) is 13.8 Å². The first-order valence-electron chi connectivity index (χ1n) is 7.65. The second kappa shape index (κ2) is 7.67. The molecule has 0 atom stereocenters. The molecule has 8 nitrogen and oxygen atoms in total. The van der Waals surface area contributed by atoms with E-state index in [1.165, 1.54) is 12.1 Å². The Balaban J connectivity index is 2.00. The molecule has 2 N–H and O–H groups in total. The van der Waals surface area contributed by atoms with Crippen molar-refractivity contribution in [2.24, 2.45) is 0 Å². The number of aromatic nitrogens is 5. The average molecular weight is 429 g/mol. The molecule has 0 saturated heterocycles. The zero-order valence-corrected chi connectivity index (χ0v) is 16.3. The number of nitrogens with zero attached hydrogens (tertiary/aromatic N) is 3. The second-order valence-electron chi connectivity index (χ2n) is 5.81. The summed E-state index contributed by atoms with van der Waals surface area (Å²) in [6.07, 6.45) is 0. The molecule has 27 heavy (non-hydrogen) atoms. The van der Waals surface area contributed by atoms with Gasteiger partial charge in [0, 0.05) is 11.6 Å². The van der Waals surface area contributed by atoms with Crippen molar-refractivity contribution >= 4 is 34.8 Å². The summed E-state index contributed by atoms with van der Waals surface area (Å²) >= 11 is 18.5. The van der Waals surface area contributed by atoms with Crippen LogP contribution in [0.4, 0.5) is 0 Å². The monoisotopic (exact) mass is 427 g/mol. The van der Waals surface area contributed by atoms with Crippen molar-refractivity contribution < 1.29 is 4.74 Å². The van der Waals surface area contributed by atoms with Crippen LogP contribution in [-0.2, 0) is 0 Å². The number of halogens is 3.